The third-order valence-corrected chi connectivity index (χ3v) is 7.15. The summed E-state index contributed by atoms with van der Waals surface area (Å²) in [5.74, 6) is -0.246. The molecule has 9 nitrogen and oxygen atoms in total. The largest absolute Gasteiger partial charge is 0.478 e. The number of anilines is 2. The minimum atomic E-state index is -3.93. The molecule has 176 valence electrons. The van der Waals surface area contributed by atoms with E-state index in [9.17, 15) is 18.3 Å². The molecule has 0 aliphatic carbocycles. The number of rotatable bonds is 8. The van der Waals surface area contributed by atoms with Crippen molar-refractivity contribution in [2.45, 2.75) is 45.9 Å². The number of aromatic carboxylic acids is 1. The summed E-state index contributed by atoms with van der Waals surface area (Å²) in [6.07, 6.45) is 1.92. The molecule has 0 spiro atoms. The van der Waals surface area contributed by atoms with Crippen LogP contribution < -0.4 is 9.62 Å². The monoisotopic (exact) mass is 472 g/mol. The van der Waals surface area contributed by atoms with Gasteiger partial charge in [0.15, 0.2) is 0 Å². The number of carboxylic acid groups (broad SMARTS) is 1. The van der Waals surface area contributed by atoms with Crippen molar-refractivity contribution >= 4 is 27.5 Å². The fraction of sp³-hybridized carbons (Fsp3) is 0.348. The number of aryl methyl sites for hydroxylation is 5. The van der Waals surface area contributed by atoms with Gasteiger partial charge in [-0.3, -0.25) is 4.72 Å². The van der Waals surface area contributed by atoms with Gasteiger partial charge in [-0.1, -0.05) is 22.9 Å². The molecule has 0 aliphatic rings. The molecule has 0 fully saturated rings. The number of carboxylic acids is 1. The molecule has 2 heterocycles. The molecule has 0 aliphatic heterocycles. The first-order valence-corrected chi connectivity index (χ1v) is 11.9. The van der Waals surface area contributed by atoms with Gasteiger partial charge in [0.05, 0.1) is 22.5 Å². The number of hydrogen-bond donors (Lipinski definition) is 2. The molecule has 0 atom stereocenters. The number of hydrogen-bond acceptors (Lipinski definition) is 7. The van der Waals surface area contributed by atoms with E-state index in [1.54, 1.807) is 37.9 Å². The smallest absolute Gasteiger partial charge is 0.339 e. The van der Waals surface area contributed by atoms with Gasteiger partial charge in [0, 0.05) is 19.2 Å². The fourth-order valence-corrected chi connectivity index (χ4v) is 5.51. The van der Waals surface area contributed by atoms with Crippen LogP contribution in [-0.4, -0.2) is 43.2 Å². The third kappa shape index (κ3) is 5.16. The van der Waals surface area contributed by atoms with Crippen LogP contribution in [0.5, 0.6) is 0 Å². The third-order valence-electron chi connectivity index (χ3n) is 5.46. The van der Waals surface area contributed by atoms with Crippen LogP contribution in [0.3, 0.4) is 0 Å². The van der Waals surface area contributed by atoms with Gasteiger partial charge >= 0.3 is 5.97 Å². The van der Waals surface area contributed by atoms with Crippen molar-refractivity contribution in [3.63, 3.8) is 0 Å². The Morgan fingerprint density at radius 1 is 1.12 bits per heavy atom. The molecule has 0 radical (unpaired) electrons. The van der Waals surface area contributed by atoms with Crippen molar-refractivity contribution < 1.29 is 22.8 Å². The predicted molar refractivity (Wildman–Crippen MR) is 126 cm³/mol. The van der Waals surface area contributed by atoms with Gasteiger partial charge in [0.2, 0.25) is 0 Å². The predicted octanol–water partition coefficient (Wildman–Crippen LogP) is 3.79. The minimum Gasteiger partial charge on any atom is -0.478 e. The van der Waals surface area contributed by atoms with E-state index in [-0.39, 0.29) is 22.0 Å². The Kier molecular flexibility index (Phi) is 6.78. The summed E-state index contributed by atoms with van der Waals surface area (Å²) in [5, 5.41) is 13.7. The Morgan fingerprint density at radius 2 is 1.76 bits per heavy atom. The summed E-state index contributed by atoms with van der Waals surface area (Å²) in [6.45, 7) is 9.51. The van der Waals surface area contributed by atoms with E-state index in [2.05, 4.69) is 14.9 Å². The second-order valence-electron chi connectivity index (χ2n) is 8.21. The first-order valence-electron chi connectivity index (χ1n) is 10.4. The van der Waals surface area contributed by atoms with Crippen LogP contribution in [0, 0.1) is 34.6 Å². The van der Waals surface area contributed by atoms with E-state index in [1.807, 2.05) is 20.8 Å². The van der Waals surface area contributed by atoms with Gasteiger partial charge in [-0.25, -0.2) is 18.2 Å². The molecule has 0 unspecified atom stereocenters. The zero-order valence-electron chi connectivity index (χ0n) is 19.6. The second kappa shape index (κ2) is 9.22. The lowest BCUT2D eigenvalue weighted by molar-refractivity contribution is 0.0697. The molecule has 2 aromatic heterocycles. The van der Waals surface area contributed by atoms with E-state index >= 15 is 0 Å². The van der Waals surface area contributed by atoms with E-state index < -0.39 is 16.0 Å². The summed E-state index contributed by atoms with van der Waals surface area (Å²) in [4.78, 5) is 18.1. The number of carbonyl (C=O) groups is 1. The Morgan fingerprint density at radius 3 is 2.30 bits per heavy atom. The average molecular weight is 473 g/mol. The molecule has 33 heavy (non-hydrogen) atoms. The van der Waals surface area contributed by atoms with Gasteiger partial charge in [0.1, 0.15) is 17.1 Å². The zero-order valence-corrected chi connectivity index (χ0v) is 20.4. The van der Waals surface area contributed by atoms with Crippen LogP contribution in [0.4, 0.5) is 11.5 Å². The Bertz CT molecular complexity index is 1270. The van der Waals surface area contributed by atoms with Gasteiger partial charge in [-0.15, -0.1) is 0 Å². The van der Waals surface area contributed by atoms with Crippen molar-refractivity contribution in [2.75, 3.05) is 23.2 Å². The summed E-state index contributed by atoms with van der Waals surface area (Å²) in [6, 6.07) is 4.87. The normalized spacial score (nSPS) is 11.5. The Labute approximate surface area is 193 Å². The highest BCUT2D eigenvalue weighted by Crippen LogP contribution is 2.27. The number of benzene rings is 1. The molecule has 1 aromatic carbocycles. The molecule has 0 amide bonds. The lowest BCUT2D eigenvalue weighted by Crippen LogP contribution is -2.24. The second-order valence-corrected chi connectivity index (χ2v) is 9.83. The van der Waals surface area contributed by atoms with Crippen molar-refractivity contribution in [1.82, 2.24) is 10.1 Å². The summed E-state index contributed by atoms with van der Waals surface area (Å²) < 4.78 is 33.7. The molecule has 0 saturated carbocycles. The maximum Gasteiger partial charge on any atom is 0.339 e. The summed E-state index contributed by atoms with van der Waals surface area (Å²) >= 11 is 0. The molecule has 3 rings (SSSR count). The molecule has 2 N–H and O–H groups in total. The van der Waals surface area contributed by atoms with Crippen LogP contribution in [0.2, 0.25) is 0 Å². The van der Waals surface area contributed by atoms with Crippen molar-refractivity contribution in [1.29, 1.82) is 0 Å². The van der Waals surface area contributed by atoms with E-state index in [0.29, 0.717) is 24.1 Å². The lowest BCUT2D eigenvalue weighted by Gasteiger charge is -2.21. The van der Waals surface area contributed by atoms with Gasteiger partial charge in [0.25, 0.3) is 10.0 Å². The number of nitrogens with one attached hydrogen (secondary N) is 1. The lowest BCUT2D eigenvalue weighted by atomic mass is 10.1. The minimum absolute atomic E-state index is 0.0784. The standard InChI is InChI=1S/C23H28N4O5S/c1-13-9-14(2)21(15(3)10-13)33(30,31)26-18-11-20(23(28)29)22(24-12-18)27(6)8-7-19-16(4)25-32-17(19)5/h9-12,26H,7-8H2,1-6H3,(H,28,29). The maximum absolute atomic E-state index is 13.0. The summed E-state index contributed by atoms with van der Waals surface area (Å²) in [7, 11) is -2.20. The molecular weight excluding hydrogens is 444 g/mol. The van der Waals surface area contributed by atoms with Crippen LogP contribution in [0.15, 0.2) is 33.8 Å². The zero-order chi connectivity index (χ0) is 24.5. The molecular formula is C23H28N4O5S. The SMILES string of the molecule is Cc1cc(C)c(S(=O)(=O)Nc2cnc(N(C)CCc3c(C)noc3C)c(C(=O)O)c2)c(C)c1. The first kappa shape index (κ1) is 24.2. The highest BCUT2D eigenvalue weighted by molar-refractivity contribution is 7.92. The quantitative estimate of drug-likeness (QED) is 0.507. The van der Waals surface area contributed by atoms with Crippen molar-refractivity contribution in [3.05, 3.63) is 63.7 Å². The number of likely N-dealkylation sites (N-methyl/N-ethyl adjacent to an activating group) is 1. The number of nitrogens with zero attached hydrogens (tertiary/aromatic N) is 3. The number of pyridine rings is 1. The average Bonchev–Trinajstić information content (AvgIpc) is 3.02. The number of sulfonamides is 1. The van der Waals surface area contributed by atoms with Gasteiger partial charge in [-0.2, -0.15) is 0 Å². The van der Waals surface area contributed by atoms with Gasteiger partial charge in [-0.05, 0) is 58.2 Å². The molecule has 0 bridgehead atoms. The topological polar surface area (TPSA) is 126 Å². The van der Waals surface area contributed by atoms with Crippen LogP contribution in [-0.2, 0) is 16.4 Å². The van der Waals surface area contributed by atoms with Crippen molar-refractivity contribution in [2.24, 2.45) is 0 Å². The van der Waals surface area contributed by atoms with E-state index in [1.165, 1.54) is 12.3 Å². The van der Waals surface area contributed by atoms with Crippen molar-refractivity contribution in [3.8, 4) is 0 Å². The fourth-order valence-electron chi connectivity index (χ4n) is 4.02. The highest BCUT2D eigenvalue weighted by Gasteiger charge is 2.23. The van der Waals surface area contributed by atoms with Crippen LogP contribution in [0.1, 0.15) is 44.1 Å². The first-order chi connectivity index (χ1) is 15.4. The Hall–Kier alpha value is -3.40. The molecule has 10 heteroatoms. The summed E-state index contributed by atoms with van der Waals surface area (Å²) in [5.41, 5.74) is 3.92. The van der Waals surface area contributed by atoms with Crippen LogP contribution in [0.25, 0.3) is 0 Å². The van der Waals surface area contributed by atoms with Crippen LogP contribution >= 0.6 is 0 Å². The molecule has 0 saturated heterocycles. The highest BCUT2D eigenvalue weighted by atomic mass is 32.2. The van der Waals surface area contributed by atoms with E-state index in [0.717, 1.165) is 22.6 Å². The van der Waals surface area contributed by atoms with E-state index in [4.69, 9.17) is 4.52 Å². The molecule has 3 aromatic rings. The van der Waals surface area contributed by atoms with Gasteiger partial charge < -0.3 is 14.5 Å². The number of aromatic nitrogens is 2. The maximum atomic E-state index is 13.0. The Balaban J connectivity index is 1.87.